The van der Waals surface area contributed by atoms with Crippen LogP contribution in [-0.2, 0) is 4.79 Å². The predicted molar refractivity (Wildman–Crippen MR) is 48.5 cm³/mol. The van der Waals surface area contributed by atoms with Gasteiger partial charge in [-0.2, -0.15) is 0 Å². The molecule has 5 nitrogen and oxygen atoms in total. The van der Waals surface area contributed by atoms with Gasteiger partial charge in [-0.15, -0.1) is 0 Å². The zero-order valence-electron chi connectivity index (χ0n) is 8.01. The fourth-order valence-corrected chi connectivity index (χ4v) is 0.946. The molecule has 0 saturated carbocycles. The van der Waals surface area contributed by atoms with Gasteiger partial charge in [-0.1, -0.05) is 0 Å². The van der Waals surface area contributed by atoms with Crippen molar-refractivity contribution in [2.75, 3.05) is 0 Å². The minimum absolute atomic E-state index is 0.283. The first-order chi connectivity index (χ1) is 6.52. The molecule has 2 N–H and O–H groups in total. The Labute approximate surface area is 81.4 Å². The van der Waals surface area contributed by atoms with Crippen LogP contribution < -0.4 is 0 Å². The van der Waals surface area contributed by atoms with Crippen LogP contribution in [0.4, 0.5) is 0 Å². The van der Waals surface area contributed by atoms with E-state index < -0.39 is 18.0 Å². The molecule has 1 heterocycles. The zero-order chi connectivity index (χ0) is 10.7. The summed E-state index contributed by atoms with van der Waals surface area (Å²) in [6.45, 7) is 3.19. The number of rotatable bonds is 3. The number of aliphatic hydroxyl groups is 1. The molecule has 0 fully saturated rings. The number of hydrogen-bond acceptors (Lipinski definition) is 4. The minimum Gasteiger partial charge on any atom is -0.481 e. The van der Waals surface area contributed by atoms with Crippen LogP contribution in [0.5, 0.6) is 0 Å². The van der Waals surface area contributed by atoms with Crippen molar-refractivity contribution in [1.29, 1.82) is 0 Å². The number of hydrogen-bond donors (Lipinski definition) is 2. The number of carboxylic acids is 1. The van der Waals surface area contributed by atoms with E-state index in [1.807, 2.05) is 0 Å². The van der Waals surface area contributed by atoms with Crippen molar-refractivity contribution in [1.82, 2.24) is 9.97 Å². The summed E-state index contributed by atoms with van der Waals surface area (Å²) in [7, 11) is 0. The van der Waals surface area contributed by atoms with Crippen LogP contribution in [-0.4, -0.2) is 26.2 Å². The maximum atomic E-state index is 10.6. The van der Waals surface area contributed by atoms with Crippen LogP contribution in [0.1, 0.15) is 24.4 Å². The van der Waals surface area contributed by atoms with Crippen LogP contribution in [0.3, 0.4) is 0 Å². The van der Waals surface area contributed by atoms with Gasteiger partial charge in [0.05, 0.1) is 23.5 Å². The summed E-state index contributed by atoms with van der Waals surface area (Å²) in [4.78, 5) is 18.4. The lowest BCUT2D eigenvalue weighted by molar-refractivity contribution is -0.145. The number of aromatic nitrogens is 2. The van der Waals surface area contributed by atoms with Crippen molar-refractivity contribution >= 4 is 5.97 Å². The molecule has 2 atom stereocenters. The van der Waals surface area contributed by atoms with E-state index in [0.29, 0.717) is 0 Å². The average Bonchev–Trinajstić information content (AvgIpc) is 2.16. The Balaban J connectivity index is 2.84. The summed E-state index contributed by atoms with van der Waals surface area (Å²) in [5, 5.41) is 18.2. The van der Waals surface area contributed by atoms with E-state index in [2.05, 4.69) is 9.97 Å². The third-order valence-electron chi connectivity index (χ3n) is 1.97. The molecule has 0 bridgehead atoms. The Hall–Kier alpha value is -1.49. The Morgan fingerprint density at radius 2 is 2.07 bits per heavy atom. The molecule has 1 rings (SSSR count). The summed E-state index contributed by atoms with van der Waals surface area (Å²) in [6, 6.07) is 0. The second kappa shape index (κ2) is 4.15. The number of aliphatic carboxylic acids is 1. The van der Waals surface area contributed by atoms with Crippen LogP contribution >= 0.6 is 0 Å². The number of carbonyl (C=O) groups is 1. The van der Waals surface area contributed by atoms with E-state index in [0.717, 1.165) is 5.69 Å². The van der Waals surface area contributed by atoms with Gasteiger partial charge in [0.25, 0.3) is 0 Å². The largest absolute Gasteiger partial charge is 0.481 e. The summed E-state index contributed by atoms with van der Waals surface area (Å²) in [6.07, 6.45) is 1.77. The molecule has 0 radical (unpaired) electrons. The van der Waals surface area contributed by atoms with Crippen molar-refractivity contribution in [3.63, 3.8) is 0 Å². The highest BCUT2D eigenvalue weighted by atomic mass is 16.4. The van der Waals surface area contributed by atoms with Gasteiger partial charge in [0.15, 0.2) is 0 Å². The SMILES string of the molecule is Cc1cnc(C(O)C(C)C(=O)O)cn1. The van der Waals surface area contributed by atoms with E-state index in [1.54, 1.807) is 6.92 Å². The fraction of sp³-hybridized carbons (Fsp3) is 0.444. The molecule has 1 aromatic heterocycles. The normalized spacial score (nSPS) is 14.8. The molecular formula is C9H12N2O3. The number of aliphatic hydroxyl groups excluding tert-OH is 1. The van der Waals surface area contributed by atoms with E-state index in [9.17, 15) is 9.90 Å². The highest BCUT2D eigenvalue weighted by Crippen LogP contribution is 2.18. The van der Waals surface area contributed by atoms with Crippen molar-refractivity contribution in [3.05, 3.63) is 23.8 Å². The van der Waals surface area contributed by atoms with Crippen LogP contribution in [0.2, 0.25) is 0 Å². The Morgan fingerprint density at radius 1 is 1.43 bits per heavy atom. The monoisotopic (exact) mass is 196 g/mol. The van der Waals surface area contributed by atoms with E-state index >= 15 is 0 Å². The first-order valence-electron chi connectivity index (χ1n) is 4.21. The predicted octanol–water partition coefficient (Wildman–Crippen LogP) is 0.539. The number of aryl methyl sites for hydroxylation is 1. The molecule has 0 aliphatic rings. The molecule has 0 saturated heterocycles. The number of carboxylic acid groups (broad SMARTS) is 1. The molecule has 2 unspecified atom stereocenters. The highest BCUT2D eigenvalue weighted by Gasteiger charge is 2.23. The average molecular weight is 196 g/mol. The number of nitrogens with zero attached hydrogens (tertiary/aromatic N) is 2. The molecule has 1 aromatic rings. The Kier molecular flexibility index (Phi) is 3.14. The quantitative estimate of drug-likeness (QED) is 0.737. The van der Waals surface area contributed by atoms with Crippen LogP contribution in [0.25, 0.3) is 0 Å². The first kappa shape index (κ1) is 10.6. The van der Waals surface area contributed by atoms with Gasteiger partial charge in [-0.05, 0) is 13.8 Å². The lowest BCUT2D eigenvalue weighted by Gasteiger charge is -2.13. The van der Waals surface area contributed by atoms with Gasteiger partial charge in [0, 0.05) is 6.20 Å². The second-order valence-electron chi connectivity index (χ2n) is 3.15. The third-order valence-corrected chi connectivity index (χ3v) is 1.97. The van der Waals surface area contributed by atoms with Gasteiger partial charge >= 0.3 is 5.97 Å². The molecule has 0 aliphatic heterocycles. The standard InChI is InChI=1S/C9H12N2O3/c1-5-3-11-7(4-10-5)8(12)6(2)9(13)14/h3-4,6,8,12H,1-2H3,(H,13,14). The molecule has 0 aliphatic carbocycles. The van der Waals surface area contributed by atoms with Crippen LogP contribution in [0.15, 0.2) is 12.4 Å². The summed E-state index contributed by atoms with van der Waals surface area (Å²) in [5.74, 6) is -1.94. The van der Waals surface area contributed by atoms with Crippen LogP contribution in [0, 0.1) is 12.8 Å². The second-order valence-corrected chi connectivity index (χ2v) is 3.15. The van der Waals surface area contributed by atoms with Gasteiger partial charge in [-0.25, -0.2) is 0 Å². The molecule has 0 amide bonds. The first-order valence-corrected chi connectivity index (χ1v) is 4.21. The van der Waals surface area contributed by atoms with E-state index in [-0.39, 0.29) is 5.69 Å². The summed E-state index contributed by atoms with van der Waals surface area (Å²) in [5.41, 5.74) is 1.01. The minimum atomic E-state index is -1.11. The van der Waals surface area contributed by atoms with Crippen molar-refractivity contribution in [2.24, 2.45) is 5.92 Å². The van der Waals surface area contributed by atoms with Gasteiger partial charge in [0.2, 0.25) is 0 Å². The smallest absolute Gasteiger partial charge is 0.309 e. The highest BCUT2D eigenvalue weighted by molar-refractivity contribution is 5.70. The fourth-order valence-electron chi connectivity index (χ4n) is 0.946. The van der Waals surface area contributed by atoms with Gasteiger partial charge < -0.3 is 10.2 Å². The zero-order valence-corrected chi connectivity index (χ0v) is 8.01. The summed E-state index contributed by atoms with van der Waals surface area (Å²) >= 11 is 0. The topological polar surface area (TPSA) is 83.3 Å². The maximum Gasteiger partial charge on any atom is 0.309 e. The Bertz CT molecular complexity index is 323. The lowest BCUT2D eigenvalue weighted by atomic mass is 10.0. The molecule has 76 valence electrons. The van der Waals surface area contributed by atoms with Gasteiger partial charge in [-0.3, -0.25) is 14.8 Å². The van der Waals surface area contributed by atoms with E-state index in [4.69, 9.17) is 5.11 Å². The maximum absolute atomic E-state index is 10.6. The van der Waals surface area contributed by atoms with Crippen molar-refractivity contribution in [3.8, 4) is 0 Å². The lowest BCUT2D eigenvalue weighted by Crippen LogP contribution is -2.19. The molecular weight excluding hydrogens is 184 g/mol. The van der Waals surface area contributed by atoms with E-state index in [1.165, 1.54) is 19.3 Å². The molecule has 14 heavy (non-hydrogen) atoms. The molecule has 0 spiro atoms. The van der Waals surface area contributed by atoms with Gasteiger partial charge in [0.1, 0.15) is 6.10 Å². The molecule has 5 heteroatoms. The summed E-state index contributed by atoms with van der Waals surface area (Å²) < 4.78 is 0. The van der Waals surface area contributed by atoms with Crippen molar-refractivity contribution in [2.45, 2.75) is 20.0 Å². The molecule has 0 aromatic carbocycles. The van der Waals surface area contributed by atoms with Crippen molar-refractivity contribution < 1.29 is 15.0 Å². The Morgan fingerprint density at radius 3 is 2.50 bits per heavy atom. The third kappa shape index (κ3) is 2.26.